The van der Waals surface area contributed by atoms with Gasteiger partial charge in [-0.1, -0.05) is 6.42 Å². The Bertz CT molecular complexity index is 1150. The van der Waals surface area contributed by atoms with E-state index in [4.69, 9.17) is 4.74 Å². The molecule has 0 aromatic carbocycles. The quantitative estimate of drug-likeness (QED) is 0.391. The van der Waals surface area contributed by atoms with E-state index in [0.29, 0.717) is 21.0 Å². The van der Waals surface area contributed by atoms with Crippen molar-refractivity contribution in [3.05, 3.63) is 55.8 Å². The number of esters is 1. The Morgan fingerprint density at radius 1 is 1.25 bits per heavy atom. The lowest BCUT2D eigenvalue weighted by Gasteiger charge is -2.06. The van der Waals surface area contributed by atoms with E-state index in [1.54, 1.807) is 11.4 Å². The number of halogens is 3. The van der Waals surface area contributed by atoms with Gasteiger partial charge in [0.25, 0.3) is 5.91 Å². The van der Waals surface area contributed by atoms with Gasteiger partial charge in [-0.25, -0.2) is 4.79 Å². The van der Waals surface area contributed by atoms with Crippen LogP contribution in [0, 0.1) is 0 Å². The van der Waals surface area contributed by atoms with Crippen LogP contribution >= 0.6 is 22.7 Å². The number of alkyl halides is 3. The molecule has 0 radical (unpaired) electrons. The van der Waals surface area contributed by atoms with Crippen LogP contribution in [0.15, 0.2) is 23.7 Å². The number of carbonyl (C=O) groups is 2. The number of aryl methyl sites for hydroxylation is 1. The predicted octanol–water partition coefficient (Wildman–Crippen LogP) is 5.38. The van der Waals surface area contributed by atoms with Crippen LogP contribution in [-0.4, -0.2) is 28.8 Å². The van der Waals surface area contributed by atoms with Gasteiger partial charge in [0, 0.05) is 11.1 Å². The Balaban J connectivity index is 1.51. The van der Waals surface area contributed by atoms with Gasteiger partial charge in [0.2, 0.25) is 0 Å². The van der Waals surface area contributed by atoms with E-state index >= 15 is 0 Å². The number of fused-ring (bicyclic) bond motifs is 1. The number of rotatable bonds is 5. The number of hydrogen-bond donors (Lipinski definition) is 1. The van der Waals surface area contributed by atoms with Crippen molar-refractivity contribution in [3.8, 4) is 0 Å². The molecule has 3 aromatic rings. The second kappa shape index (κ2) is 9.07. The molecule has 3 aromatic heterocycles. The minimum absolute atomic E-state index is 0.112. The van der Waals surface area contributed by atoms with Crippen LogP contribution in [0.5, 0.6) is 0 Å². The predicted molar refractivity (Wildman–Crippen MR) is 116 cm³/mol. The van der Waals surface area contributed by atoms with Gasteiger partial charge in [0.05, 0.1) is 24.1 Å². The van der Waals surface area contributed by atoms with Gasteiger partial charge in [0.15, 0.2) is 5.69 Å². The van der Waals surface area contributed by atoms with Crippen molar-refractivity contribution in [3.63, 3.8) is 0 Å². The van der Waals surface area contributed by atoms with E-state index in [2.05, 4.69) is 10.4 Å². The molecule has 1 N–H and O–H groups in total. The number of amides is 1. The Labute approximate surface area is 190 Å². The van der Waals surface area contributed by atoms with Crippen LogP contribution in [0.2, 0.25) is 0 Å². The summed E-state index contributed by atoms with van der Waals surface area (Å²) in [5.41, 5.74) is 1.09. The van der Waals surface area contributed by atoms with E-state index in [1.807, 2.05) is 0 Å². The maximum atomic E-state index is 12.8. The number of anilines is 1. The Kier molecular flexibility index (Phi) is 6.38. The topological polar surface area (TPSA) is 73.2 Å². The third kappa shape index (κ3) is 4.73. The molecule has 32 heavy (non-hydrogen) atoms. The molecule has 0 spiro atoms. The molecule has 0 saturated heterocycles. The summed E-state index contributed by atoms with van der Waals surface area (Å²) < 4.78 is 44.3. The molecular formula is C21H20F3N3O3S2. The lowest BCUT2D eigenvalue weighted by molar-refractivity contribution is -0.141. The normalized spacial score (nSPS) is 14.0. The molecule has 0 fully saturated rings. The van der Waals surface area contributed by atoms with Gasteiger partial charge < -0.3 is 10.1 Å². The molecule has 6 nitrogen and oxygen atoms in total. The molecule has 0 unspecified atom stereocenters. The third-order valence-electron chi connectivity index (χ3n) is 5.19. The number of nitrogens with zero attached hydrogens (tertiary/aromatic N) is 2. The number of carbonyl (C=O) groups excluding carboxylic acids is 2. The van der Waals surface area contributed by atoms with Gasteiger partial charge in [-0.05, 0) is 54.3 Å². The summed E-state index contributed by atoms with van der Waals surface area (Å²) in [6, 6.07) is 2.53. The van der Waals surface area contributed by atoms with E-state index in [9.17, 15) is 22.8 Å². The molecule has 0 atom stereocenters. The largest absolute Gasteiger partial charge is 0.465 e. The molecule has 3 heterocycles. The van der Waals surface area contributed by atoms with Crippen LogP contribution < -0.4 is 5.32 Å². The molecule has 1 amide bonds. The SMILES string of the molecule is COC(=O)c1c(NC(=O)c2cc(Cn3ccc(C(F)(F)F)n3)cs2)sc2c1CCCCC2. The fourth-order valence-electron chi connectivity index (χ4n) is 3.68. The number of hydrogen-bond acceptors (Lipinski definition) is 6. The summed E-state index contributed by atoms with van der Waals surface area (Å²) in [5.74, 6) is -0.843. The summed E-state index contributed by atoms with van der Waals surface area (Å²) in [5, 5.41) is 8.55. The van der Waals surface area contributed by atoms with Gasteiger partial charge >= 0.3 is 12.1 Å². The van der Waals surface area contributed by atoms with Crippen molar-refractivity contribution in [2.45, 2.75) is 44.8 Å². The Morgan fingerprint density at radius 2 is 2.03 bits per heavy atom. The van der Waals surface area contributed by atoms with Crippen molar-refractivity contribution >= 4 is 39.6 Å². The Hall–Kier alpha value is -2.66. The van der Waals surface area contributed by atoms with Gasteiger partial charge in [-0.15, -0.1) is 22.7 Å². The highest BCUT2D eigenvalue weighted by molar-refractivity contribution is 7.17. The summed E-state index contributed by atoms with van der Waals surface area (Å²) >= 11 is 2.59. The first-order valence-corrected chi connectivity index (χ1v) is 11.7. The zero-order chi connectivity index (χ0) is 22.9. The molecule has 0 aliphatic heterocycles. The zero-order valence-electron chi connectivity index (χ0n) is 17.1. The average Bonchev–Trinajstić information content (AvgIpc) is 3.44. The van der Waals surface area contributed by atoms with E-state index in [-0.39, 0.29) is 12.5 Å². The standard InChI is InChI=1S/C21H20F3N3O3S2/c1-30-20(29)17-13-5-3-2-4-6-14(13)32-19(17)25-18(28)15-9-12(11-31-15)10-27-8-7-16(26-27)21(22,23)24/h7-9,11H,2-6,10H2,1H3,(H,25,28). The number of nitrogens with one attached hydrogen (secondary N) is 1. The minimum atomic E-state index is -4.50. The highest BCUT2D eigenvalue weighted by atomic mass is 32.1. The molecule has 170 valence electrons. The van der Waals surface area contributed by atoms with Crippen LogP contribution in [0.25, 0.3) is 0 Å². The summed E-state index contributed by atoms with van der Waals surface area (Å²) in [7, 11) is 1.32. The molecule has 11 heteroatoms. The lowest BCUT2D eigenvalue weighted by Crippen LogP contribution is -2.13. The number of ether oxygens (including phenoxy) is 1. The van der Waals surface area contributed by atoms with Crippen molar-refractivity contribution in [2.24, 2.45) is 0 Å². The van der Waals surface area contributed by atoms with Crippen molar-refractivity contribution in [1.29, 1.82) is 0 Å². The first-order valence-electron chi connectivity index (χ1n) is 9.98. The van der Waals surface area contributed by atoms with E-state index in [1.165, 1.54) is 40.7 Å². The molecule has 0 saturated carbocycles. The zero-order valence-corrected chi connectivity index (χ0v) is 18.8. The highest BCUT2D eigenvalue weighted by Gasteiger charge is 2.33. The summed E-state index contributed by atoms with van der Waals surface area (Å²) in [6.45, 7) is 0.112. The van der Waals surface area contributed by atoms with E-state index in [0.717, 1.165) is 48.6 Å². The monoisotopic (exact) mass is 483 g/mol. The van der Waals surface area contributed by atoms with E-state index < -0.39 is 17.8 Å². The van der Waals surface area contributed by atoms with Crippen molar-refractivity contribution in [1.82, 2.24) is 9.78 Å². The van der Waals surface area contributed by atoms with Crippen LogP contribution in [-0.2, 0) is 30.3 Å². The maximum absolute atomic E-state index is 12.8. The highest BCUT2D eigenvalue weighted by Crippen LogP contribution is 2.38. The Morgan fingerprint density at radius 3 is 2.75 bits per heavy atom. The number of thiophene rings is 2. The fourth-order valence-corrected chi connectivity index (χ4v) is 5.75. The smallest absolute Gasteiger partial charge is 0.435 e. The molecular weight excluding hydrogens is 463 g/mol. The third-order valence-corrected chi connectivity index (χ3v) is 7.38. The van der Waals surface area contributed by atoms with Crippen molar-refractivity contribution in [2.75, 3.05) is 12.4 Å². The summed E-state index contributed by atoms with van der Waals surface area (Å²) in [6.07, 6.45) is 1.52. The van der Waals surface area contributed by atoms with Crippen LogP contribution in [0.3, 0.4) is 0 Å². The van der Waals surface area contributed by atoms with Crippen molar-refractivity contribution < 1.29 is 27.5 Å². The van der Waals surface area contributed by atoms with Gasteiger partial charge in [0.1, 0.15) is 5.00 Å². The second-order valence-electron chi connectivity index (χ2n) is 7.43. The van der Waals surface area contributed by atoms with Gasteiger partial charge in [-0.3, -0.25) is 9.48 Å². The molecule has 4 rings (SSSR count). The minimum Gasteiger partial charge on any atom is -0.465 e. The average molecular weight is 484 g/mol. The number of methoxy groups -OCH3 is 1. The van der Waals surface area contributed by atoms with Crippen LogP contribution in [0.1, 0.15) is 61.0 Å². The lowest BCUT2D eigenvalue weighted by atomic mass is 10.1. The first-order chi connectivity index (χ1) is 15.3. The summed E-state index contributed by atoms with van der Waals surface area (Å²) in [4.78, 5) is 26.8. The second-order valence-corrected chi connectivity index (χ2v) is 9.45. The molecule has 1 aliphatic carbocycles. The maximum Gasteiger partial charge on any atom is 0.435 e. The molecule has 1 aliphatic rings. The van der Waals surface area contributed by atoms with Crippen LogP contribution in [0.4, 0.5) is 18.2 Å². The number of aromatic nitrogens is 2. The fraction of sp³-hybridized carbons (Fsp3) is 0.381. The molecule has 0 bridgehead atoms. The first kappa shape index (κ1) is 22.5. The van der Waals surface area contributed by atoms with Gasteiger partial charge in [-0.2, -0.15) is 18.3 Å².